The van der Waals surface area contributed by atoms with Gasteiger partial charge in [0.15, 0.2) is 0 Å². The summed E-state index contributed by atoms with van der Waals surface area (Å²) in [6, 6.07) is 0. The van der Waals surface area contributed by atoms with Crippen molar-refractivity contribution >= 4 is 5.97 Å². The first-order valence-corrected chi connectivity index (χ1v) is 14.2. The van der Waals surface area contributed by atoms with E-state index in [1.807, 2.05) is 0 Å². The summed E-state index contributed by atoms with van der Waals surface area (Å²) in [5, 5.41) is 8.67. The lowest BCUT2D eigenvalue weighted by molar-refractivity contribution is -0.137. The van der Waals surface area contributed by atoms with Gasteiger partial charge in [-0.2, -0.15) is 0 Å². The molecule has 32 heavy (non-hydrogen) atoms. The molecule has 0 saturated heterocycles. The molecule has 0 aliphatic carbocycles. The summed E-state index contributed by atoms with van der Waals surface area (Å²) in [7, 11) is 0. The van der Waals surface area contributed by atoms with Crippen molar-refractivity contribution in [3.8, 4) is 0 Å². The molecule has 188 valence electrons. The van der Waals surface area contributed by atoms with Gasteiger partial charge >= 0.3 is 5.97 Å². The fraction of sp³-hybridized carbons (Fsp3) is 0.833. The number of aliphatic carboxylic acids is 1. The number of hydrogen-bond donors (Lipinski definition) is 1. The van der Waals surface area contributed by atoms with Crippen LogP contribution in [0.2, 0.25) is 0 Å². The third-order valence-electron chi connectivity index (χ3n) is 6.39. The number of carbonyl (C=O) groups is 1. The van der Waals surface area contributed by atoms with Crippen molar-refractivity contribution in [2.75, 3.05) is 0 Å². The molecule has 0 fully saturated rings. The maximum atomic E-state index is 10.5. The minimum Gasteiger partial charge on any atom is -0.481 e. The third-order valence-corrected chi connectivity index (χ3v) is 6.39. The first kappa shape index (κ1) is 30.9. The first-order valence-electron chi connectivity index (χ1n) is 14.2. The van der Waals surface area contributed by atoms with Crippen LogP contribution in [0.15, 0.2) is 23.8 Å². The number of carboxylic acids is 1. The van der Waals surface area contributed by atoms with Crippen molar-refractivity contribution < 1.29 is 9.90 Å². The quantitative estimate of drug-likeness (QED) is 0.111. The lowest BCUT2D eigenvalue weighted by atomic mass is 9.99. The Bertz CT molecular complexity index is 450. The topological polar surface area (TPSA) is 37.3 Å². The van der Waals surface area contributed by atoms with Crippen molar-refractivity contribution in [2.24, 2.45) is 0 Å². The van der Waals surface area contributed by atoms with E-state index in [1.54, 1.807) is 5.57 Å². The smallest absolute Gasteiger partial charge is 0.303 e. The fourth-order valence-corrected chi connectivity index (χ4v) is 4.24. The number of rotatable bonds is 25. The van der Waals surface area contributed by atoms with E-state index in [4.69, 9.17) is 5.11 Å². The Morgan fingerprint density at radius 3 is 1.53 bits per heavy atom. The molecule has 0 radical (unpaired) electrons. The number of allylic oxidation sites excluding steroid dienone is 4. The standard InChI is InChI=1S/C30H56O2/c1-3-5-7-8-9-10-11-12-13-14-15-16-19-22-26-29(25-6-4-2)27-23-20-17-18-21-24-28-30(31)32/h12-13,27H,3-11,14-26,28H2,1-2H3,(H,31,32)/b13-12+,29-27-. The summed E-state index contributed by atoms with van der Waals surface area (Å²) in [4.78, 5) is 10.5. The van der Waals surface area contributed by atoms with E-state index in [0.29, 0.717) is 6.42 Å². The van der Waals surface area contributed by atoms with E-state index < -0.39 is 5.97 Å². The highest BCUT2D eigenvalue weighted by Crippen LogP contribution is 2.19. The van der Waals surface area contributed by atoms with Gasteiger partial charge in [-0.3, -0.25) is 4.79 Å². The molecular weight excluding hydrogens is 392 g/mol. The van der Waals surface area contributed by atoms with Gasteiger partial charge in [0.05, 0.1) is 0 Å². The summed E-state index contributed by atoms with van der Waals surface area (Å²) in [5.41, 5.74) is 1.69. The maximum Gasteiger partial charge on any atom is 0.303 e. The lowest BCUT2D eigenvalue weighted by Gasteiger charge is -2.08. The highest BCUT2D eigenvalue weighted by atomic mass is 16.4. The van der Waals surface area contributed by atoms with Gasteiger partial charge in [0.1, 0.15) is 0 Å². The van der Waals surface area contributed by atoms with Crippen LogP contribution in [0.1, 0.15) is 162 Å². The van der Waals surface area contributed by atoms with E-state index in [1.165, 1.54) is 128 Å². The van der Waals surface area contributed by atoms with E-state index >= 15 is 0 Å². The van der Waals surface area contributed by atoms with E-state index in [-0.39, 0.29) is 0 Å². The lowest BCUT2D eigenvalue weighted by Crippen LogP contribution is -1.93. The first-order chi connectivity index (χ1) is 15.7. The van der Waals surface area contributed by atoms with Gasteiger partial charge in [-0.1, -0.05) is 108 Å². The summed E-state index contributed by atoms with van der Waals surface area (Å²) in [5.74, 6) is -0.659. The average Bonchev–Trinajstić information content (AvgIpc) is 2.78. The predicted octanol–water partition coefficient (Wildman–Crippen LogP) is 10.6. The number of unbranched alkanes of at least 4 members (excludes halogenated alkanes) is 16. The highest BCUT2D eigenvalue weighted by Gasteiger charge is 2.00. The second-order valence-electron chi connectivity index (χ2n) is 9.65. The van der Waals surface area contributed by atoms with Crippen LogP contribution in [0.3, 0.4) is 0 Å². The molecular formula is C30H56O2. The molecule has 0 spiro atoms. The van der Waals surface area contributed by atoms with Crippen LogP contribution in [0.4, 0.5) is 0 Å². The summed E-state index contributed by atoms with van der Waals surface area (Å²) >= 11 is 0. The van der Waals surface area contributed by atoms with Crippen molar-refractivity contribution in [3.05, 3.63) is 23.8 Å². The Morgan fingerprint density at radius 1 is 0.531 bits per heavy atom. The summed E-state index contributed by atoms with van der Waals surface area (Å²) in [6.45, 7) is 4.57. The van der Waals surface area contributed by atoms with E-state index in [0.717, 1.165) is 12.8 Å². The Labute approximate surface area is 201 Å². The van der Waals surface area contributed by atoms with E-state index in [9.17, 15) is 4.79 Å². The zero-order valence-electron chi connectivity index (χ0n) is 21.9. The second kappa shape index (κ2) is 26.2. The molecule has 0 aromatic heterocycles. The molecule has 2 heteroatoms. The zero-order chi connectivity index (χ0) is 23.5. The molecule has 0 saturated carbocycles. The van der Waals surface area contributed by atoms with Crippen LogP contribution >= 0.6 is 0 Å². The molecule has 0 rings (SSSR count). The van der Waals surface area contributed by atoms with Gasteiger partial charge in [0.25, 0.3) is 0 Å². The average molecular weight is 449 g/mol. The molecule has 2 nitrogen and oxygen atoms in total. The molecule has 0 atom stereocenters. The summed E-state index contributed by atoms with van der Waals surface area (Å²) < 4.78 is 0. The molecule has 1 N–H and O–H groups in total. The van der Waals surface area contributed by atoms with Crippen LogP contribution in [-0.4, -0.2) is 11.1 Å². The Morgan fingerprint density at radius 2 is 0.969 bits per heavy atom. The van der Waals surface area contributed by atoms with Crippen LogP contribution in [0, 0.1) is 0 Å². The summed E-state index contributed by atoms with van der Waals surface area (Å²) in [6.07, 6.45) is 36.0. The largest absolute Gasteiger partial charge is 0.481 e. The number of hydrogen-bond acceptors (Lipinski definition) is 1. The van der Waals surface area contributed by atoms with Crippen molar-refractivity contribution in [1.29, 1.82) is 0 Å². The normalized spacial score (nSPS) is 12.1. The Balaban J connectivity index is 3.68. The molecule has 0 unspecified atom stereocenters. The number of carboxylic acid groups (broad SMARTS) is 1. The Hall–Kier alpha value is -1.05. The molecule has 0 heterocycles. The van der Waals surface area contributed by atoms with Gasteiger partial charge in [-0.15, -0.1) is 0 Å². The van der Waals surface area contributed by atoms with Crippen molar-refractivity contribution in [3.63, 3.8) is 0 Å². The SMILES string of the molecule is CCCCCCCC/C=C/CCCCCC/C(=C\CCCCCCCC(=O)O)CCCC. The second-order valence-corrected chi connectivity index (χ2v) is 9.65. The van der Waals surface area contributed by atoms with Gasteiger partial charge < -0.3 is 5.11 Å². The molecule has 0 aliphatic rings. The molecule has 0 aromatic rings. The third kappa shape index (κ3) is 25.2. The van der Waals surface area contributed by atoms with Gasteiger partial charge in [-0.25, -0.2) is 0 Å². The van der Waals surface area contributed by atoms with Crippen LogP contribution in [0.5, 0.6) is 0 Å². The van der Waals surface area contributed by atoms with Crippen LogP contribution in [-0.2, 0) is 4.79 Å². The van der Waals surface area contributed by atoms with Crippen LogP contribution < -0.4 is 0 Å². The van der Waals surface area contributed by atoms with Gasteiger partial charge in [0.2, 0.25) is 0 Å². The molecule has 0 aliphatic heterocycles. The van der Waals surface area contributed by atoms with Gasteiger partial charge in [0, 0.05) is 6.42 Å². The fourth-order valence-electron chi connectivity index (χ4n) is 4.24. The van der Waals surface area contributed by atoms with Gasteiger partial charge in [-0.05, 0) is 70.6 Å². The van der Waals surface area contributed by atoms with E-state index in [2.05, 4.69) is 32.1 Å². The zero-order valence-corrected chi connectivity index (χ0v) is 21.9. The minimum atomic E-state index is -0.659. The molecule has 0 aromatic carbocycles. The predicted molar refractivity (Wildman–Crippen MR) is 142 cm³/mol. The molecule has 0 bridgehead atoms. The maximum absolute atomic E-state index is 10.5. The monoisotopic (exact) mass is 448 g/mol. The van der Waals surface area contributed by atoms with Crippen molar-refractivity contribution in [2.45, 2.75) is 162 Å². The molecule has 0 amide bonds. The van der Waals surface area contributed by atoms with Crippen LogP contribution in [0.25, 0.3) is 0 Å². The highest BCUT2D eigenvalue weighted by molar-refractivity contribution is 5.66. The van der Waals surface area contributed by atoms with Crippen molar-refractivity contribution in [1.82, 2.24) is 0 Å². The minimum absolute atomic E-state index is 0.330. The Kier molecular flexibility index (Phi) is 25.3.